The molecule has 0 aliphatic carbocycles. The van der Waals surface area contributed by atoms with Gasteiger partial charge in [0.1, 0.15) is 0 Å². The van der Waals surface area contributed by atoms with Gasteiger partial charge in [0.25, 0.3) is 5.91 Å². The number of carbonyl (C=O) groups excluding carboxylic acids is 1. The van der Waals surface area contributed by atoms with Crippen molar-refractivity contribution in [2.45, 2.75) is 38.3 Å². The molecule has 0 bridgehead atoms. The molecule has 1 amide bonds. The van der Waals surface area contributed by atoms with Crippen LogP contribution in [-0.4, -0.2) is 71.8 Å². The van der Waals surface area contributed by atoms with Crippen LogP contribution in [0.3, 0.4) is 0 Å². The van der Waals surface area contributed by atoms with Crippen molar-refractivity contribution < 1.29 is 14.6 Å². The fourth-order valence-electron chi connectivity index (χ4n) is 4.65. The minimum Gasteiger partial charge on any atom is -0.390 e. The summed E-state index contributed by atoms with van der Waals surface area (Å²) in [6, 6.07) is 12.2. The van der Waals surface area contributed by atoms with E-state index in [1.54, 1.807) is 24.2 Å². The molecule has 2 aromatic rings. The highest BCUT2D eigenvalue weighted by molar-refractivity contribution is 5.94. The van der Waals surface area contributed by atoms with Crippen LogP contribution in [0.15, 0.2) is 42.6 Å². The van der Waals surface area contributed by atoms with E-state index in [0.717, 1.165) is 57.7 Å². The summed E-state index contributed by atoms with van der Waals surface area (Å²) in [6.07, 6.45) is 5.12. The number of aliphatic hydroxyl groups excluding tert-OH is 1. The molecule has 4 rings (SSSR count). The number of hydrogen-bond acceptors (Lipinski definition) is 5. The van der Waals surface area contributed by atoms with Crippen molar-refractivity contribution in [3.63, 3.8) is 0 Å². The lowest BCUT2D eigenvalue weighted by atomic mass is 9.94. The van der Waals surface area contributed by atoms with Crippen LogP contribution < -0.4 is 0 Å². The molecule has 6 nitrogen and oxygen atoms in total. The van der Waals surface area contributed by atoms with E-state index in [4.69, 9.17) is 4.74 Å². The summed E-state index contributed by atoms with van der Waals surface area (Å²) in [5.41, 5.74) is 4.33. The van der Waals surface area contributed by atoms with Crippen molar-refractivity contribution in [1.29, 1.82) is 0 Å². The molecule has 1 N–H and O–H groups in total. The minimum absolute atomic E-state index is 0.0707. The van der Waals surface area contributed by atoms with E-state index in [-0.39, 0.29) is 5.91 Å². The summed E-state index contributed by atoms with van der Waals surface area (Å²) in [7, 11) is 1.76. The molecule has 0 spiro atoms. The first kappa shape index (κ1) is 21.9. The van der Waals surface area contributed by atoms with Gasteiger partial charge in [-0.1, -0.05) is 24.3 Å². The lowest BCUT2D eigenvalue weighted by molar-refractivity contribution is 0.0568. The molecule has 0 saturated carbocycles. The van der Waals surface area contributed by atoms with Crippen LogP contribution in [-0.2, 0) is 24.1 Å². The Bertz CT molecular complexity index is 882. The van der Waals surface area contributed by atoms with Gasteiger partial charge in [0, 0.05) is 63.9 Å². The number of aromatic nitrogens is 1. The van der Waals surface area contributed by atoms with Crippen molar-refractivity contribution in [3.05, 3.63) is 65.0 Å². The molecule has 3 heterocycles. The van der Waals surface area contributed by atoms with Gasteiger partial charge in [-0.25, -0.2) is 0 Å². The Hall–Kier alpha value is -2.28. The van der Waals surface area contributed by atoms with Crippen molar-refractivity contribution in [3.8, 4) is 0 Å². The molecule has 31 heavy (non-hydrogen) atoms. The van der Waals surface area contributed by atoms with Crippen molar-refractivity contribution in [1.82, 2.24) is 14.8 Å². The molecule has 166 valence electrons. The zero-order valence-electron chi connectivity index (χ0n) is 18.4. The molecule has 1 aromatic heterocycles. The van der Waals surface area contributed by atoms with Crippen LogP contribution in [0.5, 0.6) is 0 Å². The maximum atomic E-state index is 12.9. The molecule has 1 atom stereocenters. The first-order valence-corrected chi connectivity index (χ1v) is 11.3. The number of amides is 1. The number of fused-ring (bicyclic) bond motifs is 1. The molecule has 1 saturated heterocycles. The lowest BCUT2D eigenvalue weighted by Gasteiger charge is -2.31. The maximum absolute atomic E-state index is 12.9. The first-order chi connectivity index (χ1) is 15.1. The molecule has 1 fully saturated rings. The summed E-state index contributed by atoms with van der Waals surface area (Å²) in [5, 5.41) is 10.6. The van der Waals surface area contributed by atoms with Gasteiger partial charge in [0.05, 0.1) is 6.10 Å². The molecule has 2 aliphatic heterocycles. The van der Waals surface area contributed by atoms with Gasteiger partial charge in [-0.05, 0) is 54.9 Å². The Labute approximate surface area is 184 Å². The third-order valence-corrected chi connectivity index (χ3v) is 6.41. The van der Waals surface area contributed by atoms with E-state index in [9.17, 15) is 9.90 Å². The second-order valence-electron chi connectivity index (χ2n) is 8.89. The number of aliphatic hydroxyl groups is 1. The van der Waals surface area contributed by atoms with Crippen LogP contribution in [0.2, 0.25) is 0 Å². The highest BCUT2D eigenvalue weighted by atomic mass is 16.5. The zero-order chi connectivity index (χ0) is 21.6. The normalized spacial score (nSPS) is 18.4. The smallest absolute Gasteiger partial charge is 0.253 e. The Balaban J connectivity index is 1.29. The van der Waals surface area contributed by atoms with Crippen LogP contribution in [0, 0.1) is 5.92 Å². The Morgan fingerprint density at radius 1 is 1.26 bits per heavy atom. The van der Waals surface area contributed by atoms with Crippen LogP contribution in [0.1, 0.15) is 40.0 Å². The first-order valence-electron chi connectivity index (χ1n) is 11.3. The largest absolute Gasteiger partial charge is 0.390 e. The number of pyridine rings is 1. The van der Waals surface area contributed by atoms with Crippen molar-refractivity contribution >= 4 is 5.91 Å². The van der Waals surface area contributed by atoms with E-state index >= 15 is 0 Å². The summed E-state index contributed by atoms with van der Waals surface area (Å²) < 4.78 is 5.43. The maximum Gasteiger partial charge on any atom is 0.253 e. The number of β-amino-alcohol motifs (C(OH)–C–C–N with tert-alkyl or cyclic N) is 1. The van der Waals surface area contributed by atoms with Gasteiger partial charge in [-0.2, -0.15) is 0 Å². The van der Waals surface area contributed by atoms with Crippen molar-refractivity contribution in [2.24, 2.45) is 5.92 Å². The predicted octanol–water partition coefficient (Wildman–Crippen LogP) is 2.54. The van der Waals surface area contributed by atoms with Crippen LogP contribution in [0.25, 0.3) is 0 Å². The minimum atomic E-state index is -0.581. The summed E-state index contributed by atoms with van der Waals surface area (Å²) in [4.78, 5) is 21.3. The standard InChI is InChI=1S/C25H33N3O3/c1-27(17-24(29)18-28-11-7-20-4-2-3-5-22(20)16-28)25(30)21-6-10-26-23(15-21)14-19-8-12-31-13-9-19/h2-6,10,15,19,24,29H,7-9,11-14,16-18H2,1H3/t24-/m0/s1. The molecule has 0 unspecified atom stereocenters. The van der Waals surface area contributed by atoms with Crippen molar-refractivity contribution in [2.75, 3.05) is 39.9 Å². The third kappa shape index (κ3) is 5.91. The summed E-state index contributed by atoms with van der Waals surface area (Å²) in [6.45, 7) is 4.29. The number of rotatable bonds is 7. The van der Waals surface area contributed by atoms with E-state index in [1.807, 2.05) is 6.07 Å². The van der Waals surface area contributed by atoms with Gasteiger partial charge in [0.15, 0.2) is 0 Å². The molecular weight excluding hydrogens is 390 g/mol. The van der Waals surface area contributed by atoms with E-state index < -0.39 is 6.10 Å². The van der Waals surface area contributed by atoms with Gasteiger partial charge in [-0.15, -0.1) is 0 Å². The second-order valence-corrected chi connectivity index (χ2v) is 8.89. The quantitative estimate of drug-likeness (QED) is 0.741. The second kappa shape index (κ2) is 10.4. The number of nitrogens with zero attached hydrogens (tertiary/aromatic N) is 3. The topological polar surface area (TPSA) is 65.9 Å². The van der Waals surface area contributed by atoms with Gasteiger partial charge >= 0.3 is 0 Å². The third-order valence-electron chi connectivity index (χ3n) is 6.41. The molecule has 6 heteroatoms. The molecule has 1 aromatic carbocycles. The Morgan fingerprint density at radius 3 is 2.84 bits per heavy atom. The van der Waals surface area contributed by atoms with E-state index in [0.29, 0.717) is 24.6 Å². The molecule has 2 aliphatic rings. The summed E-state index contributed by atoms with van der Waals surface area (Å²) >= 11 is 0. The summed E-state index contributed by atoms with van der Waals surface area (Å²) in [5.74, 6) is 0.500. The monoisotopic (exact) mass is 423 g/mol. The van der Waals surface area contributed by atoms with Crippen LogP contribution in [0.4, 0.5) is 0 Å². The van der Waals surface area contributed by atoms with E-state index in [2.05, 4.69) is 34.1 Å². The molecule has 0 radical (unpaired) electrons. The fourth-order valence-corrected chi connectivity index (χ4v) is 4.65. The number of likely N-dealkylation sites (N-methyl/N-ethyl adjacent to an activating group) is 1. The Kier molecular flexibility index (Phi) is 7.33. The Morgan fingerprint density at radius 2 is 2.03 bits per heavy atom. The van der Waals surface area contributed by atoms with Gasteiger partial charge < -0.3 is 14.7 Å². The highest BCUT2D eigenvalue weighted by Gasteiger charge is 2.22. The number of benzene rings is 1. The average Bonchev–Trinajstić information content (AvgIpc) is 2.79. The molecular formula is C25H33N3O3. The van der Waals surface area contributed by atoms with Crippen LogP contribution >= 0.6 is 0 Å². The number of hydrogen-bond donors (Lipinski definition) is 1. The van der Waals surface area contributed by atoms with Gasteiger partial charge in [0.2, 0.25) is 0 Å². The zero-order valence-corrected chi connectivity index (χ0v) is 18.4. The van der Waals surface area contributed by atoms with Gasteiger partial charge in [-0.3, -0.25) is 14.7 Å². The number of ether oxygens (including phenoxy) is 1. The average molecular weight is 424 g/mol. The fraction of sp³-hybridized carbons (Fsp3) is 0.520. The predicted molar refractivity (Wildman–Crippen MR) is 120 cm³/mol. The SMILES string of the molecule is CN(C[C@H](O)CN1CCc2ccccc2C1)C(=O)c1ccnc(CC2CCOCC2)c1. The van der Waals surface area contributed by atoms with E-state index in [1.165, 1.54) is 11.1 Å². The highest BCUT2D eigenvalue weighted by Crippen LogP contribution is 2.20. The number of carbonyl (C=O) groups is 1. The lowest BCUT2D eigenvalue weighted by Crippen LogP contribution is -2.42.